The zero-order valence-electron chi connectivity index (χ0n) is 15.3. The number of hydrogen-bond donors (Lipinski definition) is 1. The highest BCUT2D eigenvalue weighted by Crippen LogP contribution is 2.26. The van der Waals surface area contributed by atoms with Crippen LogP contribution in [0.5, 0.6) is 0 Å². The summed E-state index contributed by atoms with van der Waals surface area (Å²) in [7, 11) is 0. The molecule has 1 aromatic heterocycles. The average molecular weight is 360 g/mol. The van der Waals surface area contributed by atoms with Gasteiger partial charge in [-0.2, -0.15) is 5.10 Å². The number of ether oxygens (including phenoxy) is 2. The van der Waals surface area contributed by atoms with Gasteiger partial charge in [-0.25, -0.2) is 0 Å². The lowest BCUT2D eigenvalue weighted by Gasteiger charge is -2.28. The van der Waals surface area contributed by atoms with Crippen LogP contribution in [0.25, 0.3) is 10.9 Å². The molecular formula is C18H24N4O4. The molecule has 1 fully saturated rings. The van der Waals surface area contributed by atoms with E-state index in [9.17, 15) is 9.59 Å². The fourth-order valence-electron chi connectivity index (χ4n) is 2.98. The number of esters is 1. The molecule has 1 aromatic carbocycles. The third-order valence-corrected chi connectivity index (χ3v) is 4.04. The number of primary amides is 1. The van der Waals surface area contributed by atoms with Crippen LogP contribution in [0, 0.1) is 0 Å². The number of nitrogens with two attached hydrogens (primary N) is 1. The van der Waals surface area contributed by atoms with E-state index in [-0.39, 0.29) is 12.2 Å². The Hall–Kier alpha value is -2.61. The molecule has 1 aliphatic heterocycles. The Labute approximate surface area is 151 Å². The van der Waals surface area contributed by atoms with Gasteiger partial charge in [-0.15, -0.1) is 0 Å². The number of carbonyl (C=O) groups is 2. The van der Waals surface area contributed by atoms with Gasteiger partial charge in [0.25, 0.3) is 5.91 Å². The Morgan fingerprint density at radius 1 is 1.27 bits per heavy atom. The number of anilines is 1. The van der Waals surface area contributed by atoms with Crippen molar-refractivity contribution in [3.05, 3.63) is 23.9 Å². The zero-order valence-corrected chi connectivity index (χ0v) is 15.3. The predicted octanol–water partition coefficient (Wildman–Crippen LogP) is 1.31. The highest BCUT2D eigenvalue weighted by atomic mass is 16.6. The molecular weight excluding hydrogens is 336 g/mol. The van der Waals surface area contributed by atoms with Crippen LogP contribution < -0.4 is 10.6 Å². The van der Waals surface area contributed by atoms with Gasteiger partial charge in [-0.1, -0.05) is 0 Å². The first-order chi connectivity index (χ1) is 12.2. The fourth-order valence-corrected chi connectivity index (χ4v) is 2.98. The maximum atomic E-state index is 12.1. The molecule has 1 amide bonds. The quantitative estimate of drug-likeness (QED) is 0.826. The summed E-state index contributed by atoms with van der Waals surface area (Å²) >= 11 is 0. The molecule has 1 aliphatic rings. The molecule has 2 heterocycles. The second-order valence-electron chi connectivity index (χ2n) is 7.26. The molecule has 0 bridgehead atoms. The summed E-state index contributed by atoms with van der Waals surface area (Å²) in [5.41, 5.74) is 6.69. The van der Waals surface area contributed by atoms with E-state index in [2.05, 4.69) is 10.00 Å². The fraction of sp³-hybridized carbons (Fsp3) is 0.500. The minimum Gasteiger partial charge on any atom is -0.459 e. The molecule has 8 nitrogen and oxygen atoms in total. The normalized spacial score (nSPS) is 15.3. The van der Waals surface area contributed by atoms with Crippen molar-refractivity contribution >= 4 is 28.5 Å². The van der Waals surface area contributed by atoms with E-state index in [1.807, 2.05) is 18.2 Å². The van der Waals surface area contributed by atoms with Gasteiger partial charge in [0, 0.05) is 24.2 Å². The zero-order chi connectivity index (χ0) is 18.9. The van der Waals surface area contributed by atoms with E-state index >= 15 is 0 Å². The first-order valence-corrected chi connectivity index (χ1v) is 8.59. The highest BCUT2D eigenvalue weighted by molar-refractivity contribution is 6.05. The third-order valence-electron chi connectivity index (χ3n) is 4.04. The van der Waals surface area contributed by atoms with Crippen LogP contribution in [0.15, 0.2) is 18.2 Å². The van der Waals surface area contributed by atoms with Gasteiger partial charge < -0.3 is 20.1 Å². The number of rotatable bonds is 4. The number of morpholine rings is 1. The molecule has 2 N–H and O–H groups in total. The van der Waals surface area contributed by atoms with Crippen molar-refractivity contribution in [3.63, 3.8) is 0 Å². The predicted molar refractivity (Wildman–Crippen MR) is 97.1 cm³/mol. The Balaban J connectivity index is 1.95. The lowest BCUT2D eigenvalue weighted by atomic mass is 10.1. The summed E-state index contributed by atoms with van der Waals surface area (Å²) < 4.78 is 12.2. The number of nitrogens with zero attached hydrogens (tertiary/aromatic N) is 3. The maximum Gasteiger partial charge on any atom is 0.328 e. The van der Waals surface area contributed by atoms with E-state index in [4.69, 9.17) is 15.2 Å². The largest absolute Gasteiger partial charge is 0.459 e. The Kier molecular flexibility index (Phi) is 4.86. The van der Waals surface area contributed by atoms with E-state index in [0.29, 0.717) is 24.1 Å². The highest BCUT2D eigenvalue weighted by Gasteiger charge is 2.21. The number of carbonyl (C=O) groups excluding carboxylic acids is 2. The molecule has 2 aromatic rings. The van der Waals surface area contributed by atoms with Crippen molar-refractivity contribution in [2.24, 2.45) is 5.73 Å². The Bertz CT molecular complexity index is 832. The lowest BCUT2D eigenvalue weighted by Crippen LogP contribution is -2.36. The second-order valence-corrected chi connectivity index (χ2v) is 7.26. The molecule has 0 atom stereocenters. The van der Waals surface area contributed by atoms with Gasteiger partial charge in [-0.05, 0) is 39.0 Å². The van der Waals surface area contributed by atoms with E-state index < -0.39 is 17.5 Å². The van der Waals surface area contributed by atoms with Crippen molar-refractivity contribution in [2.45, 2.75) is 32.9 Å². The first kappa shape index (κ1) is 18.2. The molecule has 0 aliphatic carbocycles. The summed E-state index contributed by atoms with van der Waals surface area (Å²) in [5, 5.41) is 4.87. The van der Waals surface area contributed by atoms with Crippen molar-refractivity contribution in [2.75, 3.05) is 31.2 Å². The van der Waals surface area contributed by atoms with Crippen LogP contribution in [-0.4, -0.2) is 53.6 Å². The van der Waals surface area contributed by atoms with Gasteiger partial charge in [0.1, 0.15) is 12.1 Å². The summed E-state index contributed by atoms with van der Waals surface area (Å²) in [5.74, 6) is -1.05. The van der Waals surface area contributed by atoms with Crippen LogP contribution in [0.1, 0.15) is 31.3 Å². The van der Waals surface area contributed by atoms with Crippen molar-refractivity contribution < 1.29 is 19.1 Å². The van der Waals surface area contributed by atoms with Gasteiger partial charge >= 0.3 is 5.97 Å². The summed E-state index contributed by atoms with van der Waals surface area (Å²) in [6.07, 6.45) is 0. The molecule has 0 saturated carbocycles. The Morgan fingerprint density at radius 3 is 2.58 bits per heavy atom. The first-order valence-electron chi connectivity index (χ1n) is 8.59. The minimum absolute atomic E-state index is 0.0854. The lowest BCUT2D eigenvalue weighted by molar-refractivity contribution is -0.155. The van der Waals surface area contributed by atoms with E-state index in [1.165, 1.54) is 4.68 Å². The molecule has 0 spiro atoms. The molecule has 140 valence electrons. The molecule has 0 radical (unpaired) electrons. The van der Waals surface area contributed by atoms with Crippen molar-refractivity contribution in [1.82, 2.24) is 9.78 Å². The average Bonchev–Trinajstić information content (AvgIpc) is 2.92. The summed E-state index contributed by atoms with van der Waals surface area (Å²) in [6, 6.07) is 5.69. The van der Waals surface area contributed by atoms with Crippen LogP contribution >= 0.6 is 0 Å². The number of fused-ring (bicyclic) bond motifs is 1. The number of benzene rings is 1. The number of amides is 1. The topological polar surface area (TPSA) is 99.7 Å². The van der Waals surface area contributed by atoms with Gasteiger partial charge in [0.15, 0.2) is 5.69 Å². The van der Waals surface area contributed by atoms with E-state index in [0.717, 1.165) is 18.8 Å². The molecule has 8 heteroatoms. The minimum atomic E-state index is -0.628. The smallest absolute Gasteiger partial charge is 0.328 e. The van der Waals surface area contributed by atoms with Gasteiger partial charge in [0.05, 0.1) is 18.7 Å². The van der Waals surface area contributed by atoms with Gasteiger partial charge in [-0.3, -0.25) is 14.3 Å². The van der Waals surface area contributed by atoms with Crippen LogP contribution in [0.4, 0.5) is 5.69 Å². The SMILES string of the molecule is CC(C)(C)OC(=O)Cn1nc(C(N)=O)c2cc(N3CCOCC3)ccc21. The molecule has 26 heavy (non-hydrogen) atoms. The number of aromatic nitrogens is 2. The molecule has 0 unspecified atom stereocenters. The molecule has 3 rings (SSSR count). The van der Waals surface area contributed by atoms with Crippen LogP contribution in [0.2, 0.25) is 0 Å². The maximum absolute atomic E-state index is 12.1. The van der Waals surface area contributed by atoms with Crippen molar-refractivity contribution in [1.29, 1.82) is 0 Å². The van der Waals surface area contributed by atoms with Crippen LogP contribution in [-0.2, 0) is 20.8 Å². The standard InChI is InChI=1S/C18H24N4O4/c1-18(2,3)26-15(23)11-22-14-5-4-12(21-6-8-25-9-7-21)10-13(14)16(20-22)17(19)24/h4-5,10H,6-9,11H2,1-3H3,(H2,19,24). The molecule has 1 saturated heterocycles. The summed E-state index contributed by atoms with van der Waals surface area (Å²) in [6.45, 7) is 8.21. The Morgan fingerprint density at radius 2 is 1.96 bits per heavy atom. The van der Waals surface area contributed by atoms with Gasteiger partial charge in [0.2, 0.25) is 0 Å². The summed E-state index contributed by atoms with van der Waals surface area (Å²) in [4.78, 5) is 26.2. The number of hydrogen-bond acceptors (Lipinski definition) is 6. The van der Waals surface area contributed by atoms with E-state index in [1.54, 1.807) is 20.8 Å². The third kappa shape index (κ3) is 3.96. The monoisotopic (exact) mass is 360 g/mol. The van der Waals surface area contributed by atoms with Crippen LogP contribution in [0.3, 0.4) is 0 Å². The van der Waals surface area contributed by atoms with Crippen molar-refractivity contribution in [3.8, 4) is 0 Å². The second kappa shape index (κ2) is 6.95.